The van der Waals surface area contributed by atoms with Gasteiger partial charge in [0.25, 0.3) is 0 Å². The first kappa shape index (κ1) is 12.4. The van der Waals surface area contributed by atoms with Gasteiger partial charge < -0.3 is 4.42 Å². The van der Waals surface area contributed by atoms with Gasteiger partial charge in [0.05, 0.1) is 0 Å². The smallest absolute Gasteiger partial charge is 0.123 e. The minimum atomic E-state index is 0.140. The van der Waals surface area contributed by atoms with E-state index in [0.29, 0.717) is 0 Å². The molecule has 0 amide bonds. The third kappa shape index (κ3) is 2.44. The van der Waals surface area contributed by atoms with Crippen molar-refractivity contribution in [3.05, 3.63) is 43.9 Å². The number of halogens is 2. The molecule has 2 rings (SSSR count). The molecule has 0 saturated carbocycles. The predicted molar refractivity (Wildman–Crippen MR) is 75.6 cm³/mol. The van der Waals surface area contributed by atoms with Crippen LogP contribution < -0.4 is 0 Å². The summed E-state index contributed by atoms with van der Waals surface area (Å²) in [4.78, 5) is 2.70. The lowest BCUT2D eigenvalue weighted by Crippen LogP contribution is -1.87. The molecule has 2 aromatic rings. The average Bonchev–Trinajstić information content (AvgIpc) is 2.84. The summed E-state index contributed by atoms with van der Waals surface area (Å²) in [5.74, 6) is 2.00. The van der Waals surface area contributed by atoms with Gasteiger partial charge in [-0.15, -0.1) is 11.3 Å². The molecule has 0 aliphatic heterocycles. The Hall–Kier alpha value is -0.0600. The van der Waals surface area contributed by atoms with Crippen LogP contribution >= 0.6 is 43.2 Å². The molecule has 16 heavy (non-hydrogen) atoms. The molecule has 86 valence electrons. The van der Waals surface area contributed by atoms with Crippen LogP contribution in [0.1, 0.15) is 33.0 Å². The van der Waals surface area contributed by atoms with Gasteiger partial charge in [0.15, 0.2) is 0 Å². The number of hydrogen-bond donors (Lipinski definition) is 0. The normalized spacial score (nSPS) is 13.0. The summed E-state index contributed by atoms with van der Waals surface area (Å²) in [5, 5.41) is 0. The van der Waals surface area contributed by atoms with E-state index in [9.17, 15) is 0 Å². The van der Waals surface area contributed by atoms with Crippen LogP contribution in [0, 0.1) is 6.92 Å². The Morgan fingerprint density at radius 2 is 2.19 bits per heavy atom. The molecule has 4 heteroatoms. The van der Waals surface area contributed by atoms with E-state index in [1.807, 2.05) is 12.1 Å². The van der Waals surface area contributed by atoms with Crippen LogP contribution in [0.3, 0.4) is 0 Å². The summed E-state index contributed by atoms with van der Waals surface area (Å²) in [6, 6.07) is 6.22. The van der Waals surface area contributed by atoms with Gasteiger partial charge in [-0.2, -0.15) is 0 Å². The van der Waals surface area contributed by atoms with Crippen molar-refractivity contribution in [3.63, 3.8) is 0 Å². The van der Waals surface area contributed by atoms with Gasteiger partial charge >= 0.3 is 0 Å². The predicted octanol–water partition coefficient (Wildman–Crippen LogP) is 5.46. The average molecular weight is 364 g/mol. The summed E-state index contributed by atoms with van der Waals surface area (Å²) >= 11 is 9.05. The molecular weight excluding hydrogens is 352 g/mol. The van der Waals surface area contributed by atoms with Gasteiger partial charge in [-0.05, 0) is 41.1 Å². The SMILES string of the molecule is CCc1ccc(C(Br)c2sc(C)cc2Br)o1. The Morgan fingerprint density at radius 3 is 2.69 bits per heavy atom. The first-order valence-corrected chi connectivity index (χ1v) is 7.62. The largest absolute Gasteiger partial charge is 0.465 e. The number of hydrogen-bond acceptors (Lipinski definition) is 2. The van der Waals surface area contributed by atoms with Crippen molar-refractivity contribution >= 4 is 43.2 Å². The Kier molecular flexibility index (Phi) is 3.93. The van der Waals surface area contributed by atoms with E-state index in [1.54, 1.807) is 11.3 Å². The van der Waals surface area contributed by atoms with Crippen LogP contribution in [0.25, 0.3) is 0 Å². The minimum absolute atomic E-state index is 0.140. The zero-order valence-corrected chi connectivity index (χ0v) is 13.1. The van der Waals surface area contributed by atoms with Crippen molar-refractivity contribution in [2.75, 3.05) is 0 Å². The van der Waals surface area contributed by atoms with Gasteiger partial charge in [-0.3, -0.25) is 0 Å². The van der Waals surface area contributed by atoms with Crippen LogP contribution in [0.4, 0.5) is 0 Å². The van der Waals surface area contributed by atoms with Crippen molar-refractivity contribution in [2.45, 2.75) is 25.1 Å². The highest BCUT2D eigenvalue weighted by Crippen LogP contribution is 2.41. The fourth-order valence-corrected chi connectivity index (χ4v) is 4.47. The van der Waals surface area contributed by atoms with Crippen LogP contribution in [0.5, 0.6) is 0 Å². The van der Waals surface area contributed by atoms with Crippen molar-refractivity contribution in [1.82, 2.24) is 0 Å². The molecule has 0 aromatic carbocycles. The van der Waals surface area contributed by atoms with Crippen LogP contribution in [0.2, 0.25) is 0 Å². The second-order valence-corrected chi connectivity index (χ2v) is 6.65. The second kappa shape index (κ2) is 5.07. The van der Waals surface area contributed by atoms with E-state index in [0.717, 1.165) is 22.4 Å². The molecular formula is C12H12Br2OS. The number of thiophene rings is 1. The van der Waals surface area contributed by atoms with Gasteiger partial charge in [-0.1, -0.05) is 22.9 Å². The van der Waals surface area contributed by atoms with Crippen molar-refractivity contribution in [1.29, 1.82) is 0 Å². The van der Waals surface area contributed by atoms with Crippen LogP contribution in [0.15, 0.2) is 27.1 Å². The topological polar surface area (TPSA) is 13.1 Å². The lowest BCUT2D eigenvalue weighted by atomic mass is 10.3. The zero-order chi connectivity index (χ0) is 11.7. The zero-order valence-electron chi connectivity index (χ0n) is 9.09. The summed E-state index contributed by atoms with van der Waals surface area (Å²) in [5.41, 5.74) is 0. The van der Waals surface area contributed by atoms with Crippen molar-refractivity contribution in [2.24, 2.45) is 0 Å². The van der Waals surface area contributed by atoms with E-state index < -0.39 is 0 Å². The molecule has 0 aliphatic carbocycles. The fourth-order valence-electron chi connectivity index (χ4n) is 1.52. The van der Waals surface area contributed by atoms with Gasteiger partial charge in [0, 0.05) is 20.6 Å². The molecule has 2 heterocycles. The minimum Gasteiger partial charge on any atom is -0.465 e. The second-order valence-electron chi connectivity index (χ2n) is 3.59. The highest BCUT2D eigenvalue weighted by molar-refractivity contribution is 9.11. The Bertz CT molecular complexity index is 487. The van der Waals surface area contributed by atoms with Crippen molar-refractivity contribution in [3.8, 4) is 0 Å². The highest BCUT2D eigenvalue weighted by atomic mass is 79.9. The van der Waals surface area contributed by atoms with Gasteiger partial charge in [0.2, 0.25) is 0 Å². The third-order valence-corrected chi connectivity index (χ3v) is 5.59. The molecule has 2 aromatic heterocycles. The quantitative estimate of drug-likeness (QED) is 0.660. The molecule has 0 saturated heterocycles. The summed E-state index contributed by atoms with van der Waals surface area (Å²) in [6.07, 6.45) is 0.935. The number of aryl methyl sites for hydroxylation is 2. The number of rotatable bonds is 3. The first-order valence-electron chi connectivity index (χ1n) is 5.10. The summed E-state index contributed by atoms with van der Waals surface area (Å²) in [6.45, 7) is 4.20. The maximum absolute atomic E-state index is 5.75. The lowest BCUT2D eigenvalue weighted by Gasteiger charge is -2.04. The fraction of sp³-hybridized carbons (Fsp3) is 0.333. The molecule has 1 atom stereocenters. The van der Waals surface area contributed by atoms with E-state index in [2.05, 4.69) is 51.8 Å². The van der Waals surface area contributed by atoms with E-state index in [1.165, 1.54) is 9.75 Å². The first-order chi connectivity index (χ1) is 7.61. The monoisotopic (exact) mass is 362 g/mol. The van der Waals surface area contributed by atoms with E-state index in [4.69, 9.17) is 4.42 Å². The molecule has 0 N–H and O–H groups in total. The van der Waals surface area contributed by atoms with Gasteiger partial charge in [-0.25, -0.2) is 0 Å². The van der Waals surface area contributed by atoms with Gasteiger partial charge in [0.1, 0.15) is 16.3 Å². The summed E-state index contributed by atoms with van der Waals surface area (Å²) < 4.78 is 6.90. The molecule has 0 aliphatic rings. The third-order valence-electron chi connectivity index (χ3n) is 2.35. The van der Waals surface area contributed by atoms with E-state index >= 15 is 0 Å². The number of furan rings is 1. The Morgan fingerprint density at radius 1 is 1.44 bits per heavy atom. The molecule has 0 radical (unpaired) electrons. The highest BCUT2D eigenvalue weighted by Gasteiger charge is 2.19. The molecule has 1 unspecified atom stereocenters. The Balaban J connectivity index is 2.31. The van der Waals surface area contributed by atoms with Crippen LogP contribution in [-0.2, 0) is 6.42 Å². The molecule has 0 bridgehead atoms. The molecule has 0 fully saturated rings. The molecule has 0 spiro atoms. The Labute approximate surface area is 116 Å². The van der Waals surface area contributed by atoms with E-state index in [-0.39, 0.29) is 4.83 Å². The number of alkyl halides is 1. The molecule has 1 nitrogen and oxygen atoms in total. The lowest BCUT2D eigenvalue weighted by molar-refractivity contribution is 0.478. The standard InChI is InChI=1S/C12H12Br2OS/c1-3-8-4-5-10(15-8)11(14)12-9(13)6-7(2)16-12/h4-6,11H,3H2,1-2H3. The maximum Gasteiger partial charge on any atom is 0.123 e. The maximum atomic E-state index is 5.75. The van der Waals surface area contributed by atoms with Crippen molar-refractivity contribution < 1.29 is 4.42 Å². The van der Waals surface area contributed by atoms with Crippen LogP contribution in [-0.4, -0.2) is 0 Å². The summed E-state index contributed by atoms with van der Waals surface area (Å²) in [7, 11) is 0.